The van der Waals surface area contributed by atoms with E-state index in [0.717, 1.165) is 28.7 Å². The number of hydrogen-bond acceptors (Lipinski definition) is 9. The summed E-state index contributed by atoms with van der Waals surface area (Å²) in [6, 6.07) is 18.1. The molecule has 0 fully saturated rings. The molecule has 5 rings (SSSR count). The van der Waals surface area contributed by atoms with Crippen LogP contribution in [-0.2, 0) is 18.4 Å². The molecule has 1 atom stereocenters. The van der Waals surface area contributed by atoms with Crippen molar-refractivity contribution in [1.82, 2.24) is 25.1 Å². The fourth-order valence-corrected chi connectivity index (χ4v) is 5.61. The minimum atomic E-state index is -0.495. The number of thioether (sulfide) groups is 1. The molecule has 0 saturated heterocycles. The average molecular weight is 619 g/mol. The molecule has 0 aliphatic carbocycles. The first-order valence-corrected chi connectivity index (χ1v) is 14.6. The summed E-state index contributed by atoms with van der Waals surface area (Å²) in [5.74, 6) is 1.15. The monoisotopic (exact) mass is 618 g/mol. The zero-order valence-electron chi connectivity index (χ0n) is 24.6. The molecule has 0 radical (unpaired) electrons. The largest absolute Gasteiger partial charge is 0.497 e. The first-order chi connectivity index (χ1) is 21.3. The van der Waals surface area contributed by atoms with Gasteiger partial charge in [0.25, 0.3) is 11.8 Å². The highest BCUT2D eigenvalue weighted by molar-refractivity contribution is 7.99. The van der Waals surface area contributed by atoms with E-state index >= 15 is 0 Å². The normalized spacial score (nSPS) is 14.2. The predicted octanol–water partition coefficient (Wildman–Crippen LogP) is 4.38. The number of carbonyl (C=O) groups excluding carboxylic acids is 2. The highest BCUT2D eigenvalue weighted by atomic mass is 32.2. The van der Waals surface area contributed by atoms with E-state index in [4.69, 9.17) is 19.3 Å². The van der Waals surface area contributed by atoms with Crippen LogP contribution in [0.5, 0.6) is 17.2 Å². The summed E-state index contributed by atoms with van der Waals surface area (Å²) >= 11 is 1.21. The molecule has 0 unspecified atom stereocenters. The van der Waals surface area contributed by atoms with Crippen LogP contribution >= 0.6 is 11.8 Å². The number of aromatic nitrogens is 3. The number of ether oxygens (including phenoxy) is 3. The van der Waals surface area contributed by atoms with Gasteiger partial charge in [-0.15, -0.1) is 10.2 Å². The molecular formula is C31H31FN6O5S. The van der Waals surface area contributed by atoms with Crippen LogP contribution in [0.1, 0.15) is 39.8 Å². The predicted molar refractivity (Wildman–Crippen MR) is 163 cm³/mol. The number of para-hydroxylation sites is 1. The Labute approximate surface area is 258 Å². The molecule has 44 heavy (non-hydrogen) atoms. The Morgan fingerprint density at radius 2 is 1.77 bits per heavy atom. The van der Waals surface area contributed by atoms with Gasteiger partial charge in [0.15, 0.2) is 22.5 Å². The number of hydrogen-bond donors (Lipinski definition) is 1. The van der Waals surface area contributed by atoms with Crippen molar-refractivity contribution in [3.8, 4) is 17.2 Å². The number of nitrogens with one attached hydrogen (secondary N) is 1. The standard InChI is InChI=1S/C31H31FN6O5S/c1-37-27(17-33-30(40)20-7-5-8-21(32)15-20)34-35-31(37)44-18-28(39)38-25(23-9-6-10-26(42-3)29(23)43-4)16-24(36-38)19-11-13-22(41-2)14-12-19/h5-15,25H,16-18H2,1-4H3,(H,33,40)/t25-/m1/s1. The lowest BCUT2D eigenvalue weighted by atomic mass is 9.97. The summed E-state index contributed by atoms with van der Waals surface area (Å²) in [6.45, 7) is 0.0761. The molecule has 11 nitrogen and oxygen atoms in total. The topological polar surface area (TPSA) is 120 Å². The maximum absolute atomic E-state index is 13.7. The molecule has 0 spiro atoms. The minimum Gasteiger partial charge on any atom is -0.497 e. The molecule has 3 aromatic carbocycles. The molecule has 2 amide bonds. The van der Waals surface area contributed by atoms with Crippen LogP contribution < -0.4 is 19.5 Å². The summed E-state index contributed by atoms with van der Waals surface area (Å²) in [5, 5.41) is 17.8. The second kappa shape index (κ2) is 13.6. The highest BCUT2D eigenvalue weighted by Gasteiger charge is 2.35. The van der Waals surface area contributed by atoms with Crippen LogP contribution in [0.15, 0.2) is 77.0 Å². The first kappa shape index (κ1) is 30.5. The van der Waals surface area contributed by atoms with Gasteiger partial charge < -0.3 is 24.1 Å². The molecule has 1 aliphatic heterocycles. The summed E-state index contributed by atoms with van der Waals surface area (Å²) < 4.78 is 31.7. The first-order valence-electron chi connectivity index (χ1n) is 13.6. The lowest BCUT2D eigenvalue weighted by Crippen LogP contribution is -2.29. The SMILES string of the molecule is COc1ccc(C2=NN(C(=O)CSc3nnc(CNC(=O)c4cccc(F)c4)n3C)[C@@H](c3cccc(OC)c3OC)C2)cc1. The second-order valence-corrected chi connectivity index (χ2v) is 10.7. The second-order valence-electron chi connectivity index (χ2n) is 9.76. The van der Waals surface area contributed by atoms with Crippen molar-refractivity contribution in [3.63, 3.8) is 0 Å². The van der Waals surface area contributed by atoms with Crippen molar-refractivity contribution in [1.29, 1.82) is 0 Å². The lowest BCUT2D eigenvalue weighted by Gasteiger charge is -2.24. The molecule has 2 heterocycles. The van der Waals surface area contributed by atoms with Crippen molar-refractivity contribution < 1.29 is 28.2 Å². The molecule has 0 saturated carbocycles. The number of hydrazone groups is 1. The fraction of sp³-hybridized carbons (Fsp3) is 0.258. The Balaban J connectivity index is 1.32. The van der Waals surface area contributed by atoms with E-state index in [1.54, 1.807) is 39.0 Å². The molecule has 0 bridgehead atoms. The quantitative estimate of drug-likeness (QED) is 0.246. The van der Waals surface area contributed by atoms with Gasteiger partial charge in [-0.05, 0) is 54.1 Å². The van der Waals surface area contributed by atoms with Crippen molar-refractivity contribution in [2.24, 2.45) is 12.1 Å². The highest BCUT2D eigenvalue weighted by Crippen LogP contribution is 2.42. The Bertz CT molecular complexity index is 1690. The van der Waals surface area contributed by atoms with Crippen LogP contribution in [-0.4, -0.2) is 64.4 Å². The molecule has 13 heteroatoms. The fourth-order valence-electron chi connectivity index (χ4n) is 4.82. The Hall–Kier alpha value is -4.91. The lowest BCUT2D eigenvalue weighted by molar-refractivity contribution is -0.130. The molecule has 4 aromatic rings. The maximum atomic E-state index is 13.7. The van der Waals surface area contributed by atoms with Crippen LogP contribution in [0.3, 0.4) is 0 Å². The number of carbonyl (C=O) groups is 2. The van der Waals surface area contributed by atoms with Crippen molar-refractivity contribution in [3.05, 3.63) is 95.1 Å². The Morgan fingerprint density at radius 1 is 1.00 bits per heavy atom. The van der Waals surface area contributed by atoms with Crippen LogP contribution in [0.2, 0.25) is 0 Å². The smallest absolute Gasteiger partial charge is 0.253 e. The van der Waals surface area contributed by atoms with E-state index in [1.807, 2.05) is 36.4 Å². The number of methoxy groups -OCH3 is 3. The van der Waals surface area contributed by atoms with Gasteiger partial charge in [0.2, 0.25) is 0 Å². The maximum Gasteiger partial charge on any atom is 0.253 e. The third-order valence-electron chi connectivity index (χ3n) is 7.13. The van der Waals surface area contributed by atoms with Gasteiger partial charge in [0.05, 0.1) is 45.4 Å². The number of benzene rings is 3. The van der Waals surface area contributed by atoms with Gasteiger partial charge in [-0.2, -0.15) is 5.10 Å². The third kappa shape index (κ3) is 6.52. The van der Waals surface area contributed by atoms with Gasteiger partial charge in [-0.25, -0.2) is 9.40 Å². The average Bonchev–Trinajstić information content (AvgIpc) is 3.65. The minimum absolute atomic E-state index is 0.0315. The number of rotatable bonds is 11. The Kier molecular flexibility index (Phi) is 9.44. The van der Waals surface area contributed by atoms with Gasteiger partial charge in [-0.1, -0.05) is 30.0 Å². The van der Waals surface area contributed by atoms with Crippen molar-refractivity contribution in [2.45, 2.75) is 24.2 Å². The van der Waals surface area contributed by atoms with Gasteiger partial charge in [0, 0.05) is 24.6 Å². The number of amides is 2. The van der Waals surface area contributed by atoms with Gasteiger partial charge in [-0.3, -0.25) is 9.59 Å². The molecule has 1 N–H and O–H groups in total. The third-order valence-corrected chi connectivity index (χ3v) is 8.13. The van der Waals surface area contributed by atoms with Gasteiger partial charge in [0.1, 0.15) is 11.6 Å². The number of halogens is 1. The van der Waals surface area contributed by atoms with E-state index < -0.39 is 17.8 Å². The van der Waals surface area contributed by atoms with E-state index in [-0.39, 0.29) is 23.8 Å². The van der Waals surface area contributed by atoms with E-state index in [9.17, 15) is 14.0 Å². The van der Waals surface area contributed by atoms with Crippen molar-refractivity contribution in [2.75, 3.05) is 27.1 Å². The van der Waals surface area contributed by atoms with E-state index in [1.165, 1.54) is 35.0 Å². The number of nitrogens with zero attached hydrogens (tertiary/aromatic N) is 5. The van der Waals surface area contributed by atoms with E-state index in [0.29, 0.717) is 28.9 Å². The van der Waals surface area contributed by atoms with Crippen LogP contribution in [0, 0.1) is 5.82 Å². The summed E-state index contributed by atoms with van der Waals surface area (Å²) in [6.07, 6.45) is 0.464. The summed E-state index contributed by atoms with van der Waals surface area (Å²) in [5.41, 5.74) is 2.59. The molecule has 1 aromatic heterocycles. The molecular weight excluding hydrogens is 587 g/mol. The van der Waals surface area contributed by atoms with E-state index in [2.05, 4.69) is 15.5 Å². The van der Waals surface area contributed by atoms with Crippen LogP contribution in [0.4, 0.5) is 4.39 Å². The van der Waals surface area contributed by atoms with Crippen LogP contribution in [0.25, 0.3) is 0 Å². The summed E-state index contributed by atoms with van der Waals surface area (Å²) in [7, 11) is 6.48. The molecule has 1 aliphatic rings. The zero-order chi connectivity index (χ0) is 31.2. The van der Waals surface area contributed by atoms with Gasteiger partial charge >= 0.3 is 0 Å². The summed E-state index contributed by atoms with van der Waals surface area (Å²) in [4.78, 5) is 26.1. The Morgan fingerprint density at radius 3 is 2.48 bits per heavy atom. The molecule has 228 valence electrons. The zero-order valence-corrected chi connectivity index (χ0v) is 25.4. The van der Waals surface area contributed by atoms with Crippen molar-refractivity contribution >= 4 is 29.3 Å².